The Morgan fingerprint density at radius 2 is 1.92 bits per heavy atom. The highest BCUT2D eigenvalue weighted by atomic mass is 16.5. The molecule has 140 valence electrons. The molecule has 6 heteroatoms. The summed E-state index contributed by atoms with van der Waals surface area (Å²) in [6.07, 6.45) is 1.82. The number of rotatable bonds is 8. The van der Waals surface area contributed by atoms with Crippen LogP contribution in [-0.4, -0.2) is 41.6 Å². The molecular formula is C20H25NO5. The standard InChI is InChI=1S/C20H25NO5/c1-5-21(14(3)10-15-6-8-16(25-4)9-7-15)20(24)19-13(2)12-26-17(19)11-18(22)23/h6-9,12,14H,5,10-11H2,1-4H3,(H,22,23). The van der Waals surface area contributed by atoms with Crippen molar-refractivity contribution >= 4 is 11.9 Å². The molecule has 0 aliphatic heterocycles. The molecule has 0 bridgehead atoms. The lowest BCUT2D eigenvalue weighted by Gasteiger charge is -2.28. The van der Waals surface area contributed by atoms with Crippen LogP contribution < -0.4 is 4.74 Å². The van der Waals surface area contributed by atoms with Crippen molar-refractivity contribution < 1.29 is 23.8 Å². The molecule has 1 unspecified atom stereocenters. The number of aliphatic carboxylic acids is 1. The Balaban J connectivity index is 2.19. The average Bonchev–Trinajstić information content (AvgIpc) is 2.95. The molecule has 0 fully saturated rings. The number of amides is 1. The first-order chi connectivity index (χ1) is 12.4. The molecule has 1 N–H and O–H groups in total. The van der Waals surface area contributed by atoms with Crippen LogP contribution in [0.2, 0.25) is 0 Å². The molecular weight excluding hydrogens is 334 g/mol. The van der Waals surface area contributed by atoms with Gasteiger partial charge in [0.05, 0.1) is 18.9 Å². The van der Waals surface area contributed by atoms with Gasteiger partial charge in [-0.15, -0.1) is 0 Å². The summed E-state index contributed by atoms with van der Waals surface area (Å²) in [5, 5.41) is 9.03. The number of hydrogen-bond acceptors (Lipinski definition) is 4. The van der Waals surface area contributed by atoms with Crippen molar-refractivity contribution in [3.63, 3.8) is 0 Å². The number of aryl methyl sites for hydroxylation is 1. The van der Waals surface area contributed by atoms with E-state index in [1.54, 1.807) is 18.9 Å². The van der Waals surface area contributed by atoms with E-state index < -0.39 is 5.97 Å². The summed E-state index contributed by atoms with van der Waals surface area (Å²) in [5.41, 5.74) is 2.11. The fourth-order valence-corrected chi connectivity index (χ4v) is 3.06. The Morgan fingerprint density at radius 1 is 1.27 bits per heavy atom. The van der Waals surface area contributed by atoms with Crippen molar-refractivity contribution in [1.82, 2.24) is 4.90 Å². The predicted molar refractivity (Wildman–Crippen MR) is 97.7 cm³/mol. The minimum Gasteiger partial charge on any atom is -0.497 e. The van der Waals surface area contributed by atoms with Gasteiger partial charge in [-0.3, -0.25) is 9.59 Å². The third-order valence-electron chi connectivity index (χ3n) is 4.40. The Hall–Kier alpha value is -2.76. The second kappa shape index (κ2) is 8.56. The van der Waals surface area contributed by atoms with Crippen molar-refractivity contribution in [1.29, 1.82) is 0 Å². The molecule has 2 rings (SSSR count). The number of carbonyl (C=O) groups excluding carboxylic acids is 1. The van der Waals surface area contributed by atoms with Gasteiger partial charge in [-0.2, -0.15) is 0 Å². The first-order valence-electron chi connectivity index (χ1n) is 8.60. The van der Waals surface area contributed by atoms with E-state index in [1.165, 1.54) is 6.26 Å². The van der Waals surface area contributed by atoms with Gasteiger partial charge in [0.15, 0.2) is 0 Å². The number of carboxylic acids is 1. The van der Waals surface area contributed by atoms with Gasteiger partial charge in [0.25, 0.3) is 5.91 Å². The first kappa shape index (κ1) is 19.6. The zero-order valence-corrected chi connectivity index (χ0v) is 15.6. The van der Waals surface area contributed by atoms with E-state index in [-0.39, 0.29) is 24.1 Å². The molecule has 0 saturated heterocycles. The highest BCUT2D eigenvalue weighted by Crippen LogP contribution is 2.22. The quantitative estimate of drug-likeness (QED) is 0.782. The maximum atomic E-state index is 13.0. The largest absolute Gasteiger partial charge is 0.497 e. The molecule has 6 nitrogen and oxygen atoms in total. The highest BCUT2D eigenvalue weighted by Gasteiger charge is 2.27. The van der Waals surface area contributed by atoms with Crippen molar-refractivity contribution in [2.24, 2.45) is 0 Å². The summed E-state index contributed by atoms with van der Waals surface area (Å²) >= 11 is 0. The van der Waals surface area contributed by atoms with Crippen LogP contribution in [0, 0.1) is 6.92 Å². The maximum absolute atomic E-state index is 13.0. The minimum absolute atomic E-state index is 0.0483. The number of carbonyl (C=O) groups is 2. The summed E-state index contributed by atoms with van der Waals surface area (Å²) < 4.78 is 10.5. The maximum Gasteiger partial charge on any atom is 0.311 e. The number of benzene rings is 1. The molecule has 0 aliphatic rings. The summed E-state index contributed by atoms with van der Waals surface area (Å²) in [6, 6.07) is 7.70. The zero-order chi connectivity index (χ0) is 19.3. The van der Waals surface area contributed by atoms with Crippen LogP contribution in [-0.2, 0) is 17.6 Å². The lowest BCUT2D eigenvalue weighted by Crippen LogP contribution is -2.40. The predicted octanol–water partition coefficient (Wildman–Crippen LogP) is 3.32. The molecule has 0 saturated carbocycles. The fourth-order valence-electron chi connectivity index (χ4n) is 3.06. The highest BCUT2D eigenvalue weighted by molar-refractivity contribution is 5.97. The van der Waals surface area contributed by atoms with Gasteiger partial charge in [-0.05, 0) is 44.9 Å². The minimum atomic E-state index is -1.03. The number of nitrogens with zero attached hydrogens (tertiary/aromatic N) is 1. The lowest BCUT2D eigenvalue weighted by molar-refractivity contribution is -0.136. The molecule has 1 aromatic heterocycles. The molecule has 2 aromatic rings. The smallest absolute Gasteiger partial charge is 0.311 e. The molecule has 0 aliphatic carbocycles. The van der Waals surface area contributed by atoms with Gasteiger partial charge in [-0.1, -0.05) is 12.1 Å². The molecule has 1 atom stereocenters. The molecule has 26 heavy (non-hydrogen) atoms. The van der Waals surface area contributed by atoms with Crippen molar-refractivity contribution in [3.05, 3.63) is 53.0 Å². The van der Waals surface area contributed by atoms with E-state index in [0.29, 0.717) is 24.1 Å². The molecule has 1 aromatic carbocycles. The average molecular weight is 359 g/mol. The molecule has 1 heterocycles. The second-order valence-electron chi connectivity index (χ2n) is 6.28. The Labute approximate surface area is 153 Å². The van der Waals surface area contributed by atoms with Crippen LogP contribution in [0.25, 0.3) is 0 Å². The van der Waals surface area contributed by atoms with E-state index in [2.05, 4.69) is 0 Å². The van der Waals surface area contributed by atoms with Crippen LogP contribution in [0.5, 0.6) is 5.75 Å². The zero-order valence-electron chi connectivity index (χ0n) is 15.6. The van der Waals surface area contributed by atoms with Gasteiger partial charge in [0.2, 0.25) is 0 Å². The Morgan fingerprint density at radius 3 is 2.46 bits per heavy atom. The summed E-state index contributed by atoms with van der Waals surface area (Å²) in [4.78, 5) is 25.8. The van der Waals surface area contributed by atoms with Crippen molar-refractivity contribution in [2.75, 3.05) is 13.7 Å². The Bertz CT molecular complexity index is 763. The van der Waals surface area contributed by atoms with Crippen LogP contribution in [0.4, 0.5) is 0 Å². The second-order valence-corrected chi connectivity index (χ2v) is 6.28. The number of carboxylic acid groups (broad SMARTS) is 1. The van der Waals surface area contributed by atoms with Crippen molar-refractivity contribution in [3.8, 4) is 5.75 Å². The Kier molecular flexibility index (Phi) is 6.44. The summed E-state index contributed by atoms with van der Waals surface area (Å²) in [6.45, 7) is 6.17. The third kappa shape index (κ3) is 4.45. The van der Waals surface area contributed by atoms with Crippen LogP contribution in [0.1, 0.15) is 41.1 Å². The third-order valence-corrected chi connectivity index (χ3v) is 4.40. The van der Waals surface area contributed by atoms with Gasteiger partial charge in [0.1, 0.15) is 17.9 Å². The fraction of sp³-hybridized carbons (Fsp3) is 0.400. The van der Waals surface area contributed by atoms with Crippen LogP contribution in [0.3, 0.4) is 0 Å². The number of ether oxygens (including phenoxy) is 1. The van der Waals surface area contributed by atoms with E-state index >= 15 is 0 Å². The first-order valence-corrected chi connectivity index (χ1v) is 8.60. The molecule has 0 radical (unpaired) electrons. The number of hydrogen-bond donors (Lipinski definition) is 1. The summed E-state index contributed by atoms with van der Waals surface area (Å²) in [5.74, 6) is -0.231. The SMILES string of the molecule is CCN(C(=O)c1c(C)coc1CC(=O)O)C(C)Cc1ccc(OC)cc1. The van der Waals surface area contributed by atoms with Gasteiger partial charge in [-0.25, -0.2) is 0 Å². The lowest BCUT2D eigenvalue weighted by atomic mass is 10.0. The van der Waals surface area contributed by atoms with Gasteiger partial charge in [0, 0.05) is 18.2 Å². The number of likely N-dealkylation sites (N-methyl/N-ethyl adjacent to an activating group) is 1. The van der Waals surface area contributed by atoms with Gasteiger partial charge < -0.3 is 19.2 Å². The topological polar surface area (TPSA) is 80.0 Å². The summed E-state index contributed by atoms with van der Waals surface area (Å²) in [7, 11) is 1.62. The van der Waals surface area contributed by atoms with E-state index in [9.17, 15) is 9.59 Å². The van der Waals surface area contributed by atoms with Crippen molar-refractivity contribution in [2.45, 2.75) is 39.7 Å². The van der Waals surface area contributed by atoms with E-state index in [0.717, 1.165) is 11.3 Å². The van der Waals surface area contributed by atoms with E-state index in [1.807, 2.05) is 38.1 Å². The number of methoxy groups -OCH3 is 1. The van der Waals surface area contributed by atoms with Gasteiger partial charge >= 0.3 is 5.97 Å². The molecule has 0 spiro atoms. The van der Waals surface area contributed by atoms with Crippen LogP contribution >= 0.6 is 0 Å². The number of furan rings is 1. The normalized spacial score (nSPS) is 11.8. The van der Waals surface area contributed by atoms with Crippen LogP contribution in [0.15, 0.2) is 34.9 Å². The monoisotopic (exact) mass is 359 g/mol. The molecule has 1 amide bonds. The van der Waals surface area contributed by atoms with E-state index in [4.69, 9.17) is 14.3 Å².